The zero-order valence-corrected chi connectivity index (χ0v) is 16.1. The van der Waals surface area contributed by atoms with Crippen LogP contribution in [0.1, 0.15) is 35.3 Å². The maximum Gasteiger partial charge on any atom is 0.303 e. The Morgan fingerprint density at radius 3 is 2.32 bits per heavy atom. The van der Waals surface area contributed by atoms with Crippen molar-refractivity contribution < 1.29 is 28.8 Å². The lowest BCUT2D eigenvalue weighted by atomic mass is 9.89. The third-order valence-corrected chi connectivity index (χ3v) is 5.53. The monoisotopic (exact) mass is 412 g/mol. The molecule has 0 spiro atoms. The summed E-state index contributed by atoms with van der Waals surface area (Å²) in [5.74, 6) is -3.75. The lowest BCUT2D eigenvalue weighted by Crippen LogP contribution is -2.59. The number of aliphatic hydroxyl groups excluding tert-OH is 3. The minimum Gasteiger partial charge on any atom is -0.393 e. The molecular weight excluding hydrogens is 390 g/mol. The first-order chi connectivity index (χ1) is 13.3. The van der Waals surface area contributed by atoms with Crippen molar-refractivity contribution in [1.82, 2.24) is 0 Å². The molecule has 0 amide bonds. The summed E-state index contributed by atoms with van der Waals surface area (Å²) < 4.78 is 33.2. The van der Waals surface area contributed by atoms with Gasteiger partial charge in [-0.15, -0.1) is 0 Å². The molecule has 4 nitrogen and oxygen atoms in total. The quantitative estimate of drug-likeness (QED) is 0.705. The second-order valence-corrected chi connectivity index (χ2v) is 7.44. The van der Waals surface area contributed by atoms with Gasteiger partial charge in [-0.1, -0.05) is 54.9 Å². The number of hydrogen-bond acceptors (Lipinski definition) is 4. The molecule has 2 aromatic rings. The molecule has 28 heavy (non-hydrogen) atoms. The van der Waals surface area contributed by atoms with E-state index in [4.69, 9.17) is 16.3 Å². The summed E-state index contributed by atoms with van der Waals surface area (Å²) in [7, 11) is 0. The fourth-order valence-corrected chi connectivity index (χ4v) is 3.58. The molecule has 152 valence electrons. The molecule has 0 aliphatic carbocycles. The molecule has 4 atom stereocenters. The van der Waals surface area contributed by atoms with E-state index in [1.807, 2.05) is 24.3 Å². The zero-order valence-electron chi connectivity index (χ0n) is 15.4. The number of benzene rings is 2. The van der Waals surface area contributed by atoms with Crippen molar-refractivity contribution in [2.45, 2.75) is 50.1 Å². The Bertz CT molecular complexity index is 809. The van der Waals surface area contributed by atoms with Gasteiger partial charge in [0.05, 0.1) is 6.61 Å². The molecule has 2 aromatic carbocycles. The van der Waals surface area contributed by atoms with E-state index in [0.717, 1.165) is 17.5 Å². The Morgan fingerprint density at radius 2 is 1.71 bits per heavy atom. The van der Waals surface area contributed by atoms with Gasteiger partial charge in [-0.05, 0) is 41.2 Å². The molecule has 1 aliphatic heterocycles. The van der Waals surface area contributed by atoms with Crippen LogP contribution in [-0.2, 0) is 17.6 Å². The Kier molecular flexibility index (Phi) is 6.37. The smallest absolute Gasteiger partial charge is 0.303 e. The molecule has 0 saturated carbocycles. The number of rotatable bonds is 5. The van der Waals surface area contributed by atoms with Crippen LogP contribution in [0.25, 0.3) is 0 Å². The van der Waals surface area contributed by atoms with Crippen LogP contribution in [-0.4, -0.2) is 46.2 Å². The second-order valence-electron chi connectivity index (χ2n) is 7.04. The number of alkyl halides is 2. The van der Waals surface area contributed by atoms with Crippen molar-refractivity contribution in [2.75, 3.05) is 6.61 Å². The van der Waals surface area contributed by atoms with Gasteiger partial charge in [-0.25, -0.2) is 8.78 Å². The highest BCUT2D eigenvalue weighted by atomic mass is 35.5. The molecule has 3 N–H and O–H groups in total. The largest absolute Gasteiger partial charge is 0.393 e. The molecule has 7 heteroatoms. The van der Waals surface area contributed by atoms with Crippen LogP contribution in [0, 0.1) is 0 Å². The van der Waals surface area contributed by atoms with Crippen molar-refractivity contribution in [2.24, 2.45) is 0 Å². The minimum absolute atomic E-state index is 0.407. The van der Waals surface area contributed by atoms with Crippen LogP contribution < -0.4 is 0 Å². The van der Waals surface area contributed by atoms with E-state index in [9.17, 15) is 24.1 Å². The number of ether oxygens (including phenoxy) is 1. The maximum absolute atomic E-state index is 14.0. The Balaban J connectivity index is 1.87. The van der Waals surface area contributed by atoms with E-state index >= 15 is 0 Å². The summed E-state index contributed by atoms with van der Waals surface area (Å²) in [6.07, 6.45) is -5.84. The topological polar surface area (TPSA) is 69.9 Å². The summed E-state index contributed by atoms with van der Waals surface area (Å²) >= 11 is 6.30. The molecule has 4 unspecified atom stereocenters. The molecule has 3 rings (SSSR count). The van der Waals surface area contributed by atoms with Crippen LogP contribution in [0.4, 0.5) is 8.78 Å². The van der Waals surface area contributed by atoms with Gasteiger partial charge in [0, 0.05) is 5.02 Å². The normalized spacial score (nSPS) is 27.0. The molecule has 0 bridgehead atoms. The molecule has 0 aromatic heterocycles. The molecule has 0 radical (unpaired) electrons. The first-order valence-electron chi connectivity index (χ1n) is 9.14. The van der Waals surface area contributed by atoms with Gasteiger partial charge in [-0.2, -0.15) is 0 Å². The zero-order chi connectivity index (χ0) is 20.5. The van der Waals surface area contributed by atoms with E-state index in [1.165, 1.54) is 5.56 Å². The third kappa shape index (κ3) is 4.07. The summed E-state index contributed by atoms with van der Waals surface area (Å²) in [6.45, 7) is 1.10. The van der Waals surface area contributed by atoms with Gasteiger partial charge in [-0.3, -0.25) is 0 Å². The van der Waals surface area contributed by atoms with E-state index in [0.29, 0.717) is 17.0 Å². The Labute approximate surface area is 167 Å². The highest BCUT2D eigenvalue weighted by Gasteiger charge is 2.57. The minimum atomic E-state index is -3.75. The van der Waals surface area contributed by atoms with Crippen LogP contribution in [0.3, 0.4) is 0 Å². The molecule has 1 aliphatic rings. The van der Waals surface area contributed by atoms with Gasteiger partial charge < -0.3 is 20.1 Å². The van der Waals surface area contributed by atoms with E-state index in [2.05, 4.69) is 6.92 Å². The average molecular weight is 413 g/mol. The fraction of sp³-hybridized carbons (Fsp3) is 0.429. The summed E-state index contributed by atoms with van der Waals surface area (Å²) in [5.41, 5.74) is 3.39. The summed E-state index contributed by atoms with van der Waals surface area (Å²) in [5, 5.41) is 29.7. The van der Waals surface area contributed by atoms with Gasteiger partial charge in [0.25, 0.3) is 0 Å². The van der Waals surface area contributed by atoms with Gasteiger partial charge in [0.1, 0.15) is 24.4 Å². The lowest BCUT2D eigenvalue weighted by Gasteiger charge is -2.42. The predicted octanol–water partition coefficient (Wildman–Crippen LogP) is 3.28. The second kappa shape index (κ2) is 8.43. The third-order valence-electron chi connectivity index (χ3n) is 5.16. The van der Waals surface area contributed by atoms with Crippen molar-refractivity contribution in [3.63, 3.8) is 0 Å². The SMILES string of the molecule is CCc1ccc(Cc2cc(C3OC(CO)C(F)(F)C(O)C3O)ccc2Cl)cc1. The van der Waals surface area contributed by atoms with Gasteiger partial charge >= 0.3 is 5.92 Å². The van der Waals surface area contributed by atoms with Crippen molar-refractivity contribution in [1.29, 1.82) is 0 Å². The summed E-state index contributed by atoms with van der Waals surface area (Å²) in [6, 6.07) is 12.9. The van der Waals surface area contributed by atoms with Gasteiger partial charge in [0.2, 0.25) is 0 Å². The number of aliphatic hydroxyl groups is 3. The van der Waals surface area contributed by atoms with Crippen molar-refractivity contribution >= 4 is 11.6 Å². The maximum atomic E-state index is 14.0. The molecule has 1 heterocycles. The van der Waals surface area contributed by atoms with Crippen molar-refractivity contribution in [3.05, 3.63) is 69.7 Å². The molecular formula is C21H23ClF2O4. The van der Waals surface area contributed by atoms with Crippen LogP contribution in [0.15, 0.2) is 42.5 Å². The van der Waals surface area contributed by atoms with Crippen LogP contribution >= 0.6 is 11.6 Å². The predicted molar refractivity (Wildman–Crippen MR) is 102 cm³/mol. The lowest BCUT2D eigenvalue weighted by molar-refractivity contribution is -0.296. The first-order valence-corrected chi connectivity index (χ1v) is 9.52. The van der Waals surface area contributed by atoms with E-state index < -0.39 is 36.9 Å². The molecule has 1 saturated heterocycles. The van der Waals surface area contributed by atoms with Crippen LogP contribution in [0.2, 0.25) is 5.02 Å². The van der Waals surface area contributed by atoms with Gasteiger partial charge in [0.15, 0.2) is 0 Å². The first kappa shape index (κ1) is 21.1. The number of halogens is 3. The van der Waals surface area contributed by atoms with Crippen molar-refractivity contribution in [3.8, 4) is 0 Å². The highest BCUT2D eigenvalue weighted by molar-refractivity contribution is 6.31. The van der Waals surface area contributed by atoms with Crippen LogP contribution in [0.5, 0.6) is 0 Å². The molecule has 1 fully saturated rings. The average Bonchev–Trinajstić information content (AvgIpc) is 2.69. The Morgan fingerprint density at radius 1 is 1.07 bits per heavy atom. The van der Waals surface area contributed by atoms with E-state index in [1.54, 1.807) is 18.2 Å². The Hall–Kier alpha value is -1.57. The standard InChI is InChI=1S/C21H23ClF2O4/c1-2-12-3-5-13(6-4-12)9-15-10-14(7-8-16(15)22)19-18(26)20(27)21(23,24)17(11-25)28-19/h3-8,10,17-20,25-27H,2,9,11H2,1H3. The highest BCUT2D eigenvalue weighted by Crippen LogP contribution is 2.41. The number of hydrogen-bond donors (Lipinski definition) is 3. The van der Waals surface area contributed by atoms with E-state index in [-0.39, 0.29) is 0 Å². The summed E-state index contributed by atoms with van der Waals surface area (Å²) in [4.78, 5) is 0. The fourth-order valence-electron chi connectivity index (χ4n) is 3.39. The number of aryl methyl sites for hydroxylation is 1.